The van der Waals surface area contributed by atoms with Crippen LogP contribution in [0.1, 0.15) is 22.8 Å². The molecule has 112 valence electrons. The monoisotopic (exact) mass is 297 g/mol. The van der Waals surface area contributed by atoms with Crippen molar-refractivity contribution in [1.82, 2.24) is 0 Å². The van der Waals surface area contributed by atoms with Gasteiger partial charge in [0.15, 0.2) is 43.7 Å². The van der Waals surface area contributed by atoms with E-state index in [0.29, 0.717) is 0 Å². The molecule has 2 rings (SSSR count). The standard InChI is InChI=1S/C17H18N3O2/c1-15(21)17-6-12-20(13-7-17)9-3-2-8-19-10-4-16(5-11-19)14-18-22/h2-7,10-14H,8-9H2,1H3/q+1/p+1/b3-2+. The van der Waals surface area contributed by atoms with Crippen molar-refractivity contribution < 1.29 is 19.1 Å². The maximum atomic E-state index is 11.2. The van der Waals surface area contributed by atoms with Gasteiger partial charge in [-0.2, -0.15) is 0 Å². The Balaban J connectivity index is 1.86. The number of oxime groups is 1. The fraction of sp³-hybridized carbons (Fsp3) is 0.176. The Labute approximate surface area is 129 Å². The average Bonchev–Trinajstić information content (AvgIpc) is 2.54. The topological polar surface area (TPSA) is 57.4 Å². The molecule has 0 radical (unpaired) electrons. The number of hydrogen-bond donors (Lipinski definition) is 1. The molecule has 0 aliphatic rings. The summed E-state index contributed by atoms with van der Waals surface area (Å²) in [5.41, 5.74) is 1.58. The van der Waals surface area contributed by atoms with Crippen LogP contribution in [0.25, 0.3) is 0 Å². The Kier molecular flexibility index (Phi) is 5.54. The SMILES string of the molecule is CC(=O)c1cc[n+](C/C=C/C[n+]2ccc(/C=N\O)cc2)cc1. The number of rotatable bonds is 6. The van der Waals surface area contributed by atoms with Gasteiger partial charge < -0.3 is 5.21 Å². The third-order valence-electron chi connectivity index (χ3n) is 3.22. The Morgan fingerprint density at radius 3 is 2.00 bits per heavy atom. The molecule has 2 aromatic heterocycles. The van der Waals surface area contributed by atoms with Crippen molar-refractivity contribution in [1.29, 1.82) is 0 Å². The van der Waals surface area contributed by atoms with E-state index in [-0.39, 0.29) is 5.78 Å². The first-order valence-corrected chi connectivity index (χ1v) is 7.00. The van der Waals surface area contributed by atoms with Gasteiger partial charge in [-0.05, 0) is 19.1 Å². The van der Waals surface area contributed by atoms with Gasteiger partial charge >= 0.3 is 0 Å². The second-order valence-electron chi connectivity index (χ2n) is 4.88. The number of Topliss-reactive ketones (excluding diaryl/α,β-unsaturated/α-hetero) is 1. The predicted octanol–water partition coefficient (Wildman–Crippen LogP) is 1.53. The first-order valence-electron chi connectivity index (χ1n) is 7.00. The van der Waals surface area contributed by atoms with E-state index in [1.165, 1.54) is 6.21 Å². The van der Waals surface area contributed by atoms with Gasteiger partial charge in [-0.25, -0.2) is 9.13 Å². The second-order valence-corrected chi connectivity index (χ2v) is 4.88. The maximum absolute atomic E-state index is 11.2. The molecule has 0 fully saturated rings. The fourth-order valence-corrected chi connectivity index (χ4v) is 1.95. The van der Waals surface area contributed by atoms with Crippen LogP contribution in [0.5, 0.6) is 0 Å². The third kappa shape index (κ3) is 4.63. The highest BCUT2D eigenvalue weighted by molar-refractivity contribution is 5.93. The van der Waals surface area contributed by atoms with Crippen LogP contribution < -0.4 is 9.13 Å². The number of pyridine rings is 2. The molecule has 5 nitrogen and oxygen atoms in total. The molecule has 5 heteroatoms. The number of hydrogen-bond acceptors (Lipinski definition) is 3. The van der Waals surface area contributed by atoms with E-state index in [1.807, 2.05) is 58.2 Å². The van der Waals surface area contributed by atoms with Gasteiger partial charge in [0.2, 0.25) is 0 Å². The minimum Gasteiger partial charge on any atom is -0.411 e. The van der Waals surface area contributed by atoms with Gasteiger partial charge in [0.25, 0.3) is 0 Å². The Bertz CT molecular complexity index is 674. The van der Waals surface area contributed by atoms with Crippen molar-refractivity contribution in [2.24, 2.45) is 5.16 Å². The Morgan fingerprint density at radius 1 is 1.05 bits per heavy atom. The molecule has 2 aromatic rings. The number of carbonyl (C=O) groups excluding carboxylic acids is 1. The molecule has 0 aliphatic heterocycles. The molecular formula is C17H19N3O2+2. The zero-order valence-corrected chi connectivity index (χ0v) is 12.5. The first kappa shape index (κ1) is 15.6. The third-order valence-corrected chi connectivity index (χ3v) is 3.22. The van der Waals surface area contributed by atoms with Gasteiger partial charge in [-0.3, -0.25) is 4.79 Å². The molecule has 0 spiro atoms. The average molecular weight is 297 g/mol. The van der Waals surface area contributed by atoms with Gasteiger partial charge in [0.1, 0.15) is 0 Å². The largest absolute Gasteiger partial charge is 0.411 e. The molecule has 0 saturated heterocycles. The summed E-state index contributed by atoms with van der Waals surface area (Å²) >= 11 is 0. The lowest BCUT2D eigenvalue weighted by Gasteiger charge is -1.95. The summed E-state index contributed by atoms with van der Waals surface area (Å²) in [6.07, 6.45) is 13.2. The molecular weight excluding hydrogens is 278 g/mol. The lowest BCUT2D eigenvalue weighted by atomic mass is 10.2. The lowest BCUT2D eigenvalue weighted by Crippen LogP contribution is -2.33. The highest BCUT2D eigenvalue weighted by Gasteiger charge is 2.02. The highest BCUT2D eigenvalue weighted by Crippen LogP contribution is 1.95. The molecule has 0 atom stereocenters. The second kappa shape index (κ2) is 7.83. The van der Waals surface area contributed by atoms with E-state index < -0.39 is 0 Å². The van der Waals surface area contributed by atoms with E-state index in [4.69, 9.17) is 5.21 Å². The molecule has 2 heterocycles. The first-order chi connectivity index (χ1) is 10.7. The van der Waals surface area contributed by atoms with Crippen molar-refractivity contribution in [2.45, 2.75) is 20.0 Å². The number of carbonyl (C=O) groups is 1. The highest BCUT2D eigenvalue weighted by atomic mass is 16.4. The van der Waals surface area contributed by atoms with Crippen molar-refractivity contribution in [3.05, 3.63) is 72.3 Å². The summed E-state index contributed by atoms with van der Waals surface area (Å²) in [7, 11) is 0. The number of ketones is 1. The molecule has 0 amide bonds. The van der Waals surface area contributed by atoms with E-state index in [2.05, 4.69) is 17.3 Å². The van der Waals surface area contributed by atoms with Crippen molar-refractivity contribution in [3.8, 4) is 0 Å². The Hall–Kier alpha value is -2.82. The smallest absolute Gasteiger partial charge is 0.169 e. The van der Waals surface area contributed by atoms with Crippen molar-refractivity contribution in [2.75, 3.05) is 0 Å². The molecule has 0 saturated carbocycles. The van der Waals surface area contributed by atoms with Crippen LogP contribution in [0.2, 0.25) is 0 Å². The van der Waals surface area contributed by atoms with Crippen LogP contribution in [0, 0.1) is 0 Å². The van der Waals surface area contributed by atoms with Crippen LogP contribution in [0.3, 0.4) is 0 Å². The van der Waals surface area contributed by atoms with Gasteiger partial charge in [-0.15, -0.1) is 0 Å². The van der Waals surface area contributed by atoms with Gasteiger partial charge in [0.05, 0.1) is 6.21 Å². The Morgan fingerprint density at radius 2 is 1.55 bits per heavy atom. The normalized spacial score (nSPS) is 11.3. The summed E-state index contributed by atoms with van der Waals surface area (Å²) in [5, 5.41) is 11.4. The quantitative estimate of drug-likeness (QED) is 0.219. The molecule has 0 bridgehead atoms. The molecule has 0 aromatic carbocycles. The maximum Gasteiger partial charge on any atom is 0.169 e. The van der Waals surface area contributed by atoms with E-state index in [1.54, 1.807) is 6.92 Å². The van der Waals surface area contributed by atoms with Crippen LogP contribution in [0.15, 0.2) is 66.4 Å². The number of aromatic nitrogens is 2. The summed E-state index contributed by atoms with van der Waals surface area (Å²) in [5.74, 6) is 0.0776. The van der Waals surface area contributed by atoms with Crippen molar-refractivity contribution in [3.63, 3.8) is 0 Å². The van der Waals surface area contributed by atoms with Crippen LogP contribution in [-0.4, -0.2) is 17.2 Å². The van der Waals surface area contributed by atoms with Crippen LogP contribution in [-0.2, 0) is 13.1 Å². The summed E-state index contributed by atoms with van der Waals surface area (Å²) in [6.45, 7) is 3.09. The predicted molar refractivity (Wildman–Crippen MR) is 81.8 cm³/mol. The zero-order valence-electron chi connectivity index (χ0n) is 12.5. The molecule has 0 unspecified atom stereocenters. The summed E-state index contributed by atoms with van der Waals surface area (Å²) in [6, 6.07) is 7.41. The summed E-state index contributed by atoms with van der Waals surface area (Å²) < 4.78 is 4.03. The molecule has 1 N–H and O–H groups in total. The van der Waals surface area contributed by atoms with Crippen LogP contribution in [0.4, 0.5) is 0 Å². The van der Waals surface area contributed by atoms with E-state index >= 15 is 0 Å². The number of allylic oxidation sites excluding steroid dienone is 2. The van der Waals surface area contributed by atoms with E-state index in [9.17, 15) is 4.79 Å². The van der Waals surface area contributed by atoms with Crippen molar-refractivity contribution >= 4 is 12.0 Å². The molecule has 0 aliphatic carbocycles. The fourth-order valence-electron chi connectivity index (χ4n) is 1.95. The minimum atomic E-state index is 0.0776. The lowest BCUT2D eigenvalue weighted by molar-refractivity contribution is -0.691. The minimum absolute atomic E-state index is 0.0776. The van der Waals surface area contributed by atoms with E-state index in [0.717, 1.165) is 24.2 Å². The number of nitrogens with zero attached hydrogens (tertiary/aromatic N) is 3. The van der Waals surface area contributed by atoms with Crippen LogP contribution >= 0.6 is 0 Å². The summed E-state index contributed by atoms with van der Waals surface area (Å²) in [4.78, 5) is 11.2. The molecule has 22 heavy (non-hydrogen) atoms. The van der Waals surface area contributed by atoms with Gasteiger partial charge in [-0.1, -0.05) is 5.16 Å². The van der Waals surface area contributed by atoms with Gasteiger partial charge in [0, 0.05) is 35.4 Å². The zero-order chi connectivity index (χ0) is 15.8.